The number of aromatic amines is 1. The first-order valence-corrected chi connectivity index (χ1v) is 12.8. The molecule has 1 aliphatic heterocycles. The van der Waals surface area contributed by atoms with Crippen LogP contribution in [0.1, 0.15) is 43.2 Å². The third kappa shape index (κ3) is 7.24. The van der Waals surface area contributed by atoms with E-state index in [-0.39, 0.29) is 36.9 Å². The summed E-state index contributed by atoms with van der Waals surface area (Å²) in [5.41, 5.74) is 0.383. The van der Waals surface area contributed by atoms with Crippen LogP contribution < -0.4 is 15.6 Å². The first kappa shape index (κ1) is 28.3. The van der Waals surface area contributed by atoms with Crippen molar-refractivity contribution in [3.63, 3.8) is 0 Å². The minimum absolute atomic E-state index is 0.00333. The molecule has 3 heterocycles. The number of aliphatic hydroxyl groups excluding tert-OH is 1. The van der Waals surface area contributed by atoms with Crippen LogP contribution in [0.4, 0.5) is 19.0 Å². The van der Waals surface area contributed by atoms with Gasteiger partial charge in [-0.2, -0.15) is 0 Å². The number of hydrogen-bond acceptors (Lipinski definition) is 6. The first-order valence-electron chi connectivity index (χ1n) is 12.8. The molecular formula is C28H31F3N4O4. The number of H-pyrrole nitrogens is 1. The minimum atomic E-state index is -3.00. The second-order valence-corrected chi connectivity index (χ2v) is 9.63. The molecule has 0 aliphatic carbocycles. The predicted octanol–water partition coefficient (Wildman–Crippen LogP) is 4.47. The Kier molecular flexibility index (Phi) is 9.03. The number of ether oxygens (including phenoxy) is 1. The number of alkyl halides is 2. The predicted molar refractivity (Wildman–Crippen MR) is 140 cm³/mol. The van der Waals surface area contributed by atoms with E-state index in [0.29, 0.717) is 41.9 Å². The molecule has 2 atom stereocenters. The number of aliphatic hydroxyl groups is 1. The summed E-state index contributed by atoms with van der Waals surface area (Å²) in [5, 5.41) is 11.7. The molecule has 1 amide bonds. The van der Waals surface area contributed by atoms with Crippen LogP contribution in [0.2, 0.25) is 0 Å². The van der Waals surface area contributed by atoms with E-state index in [4.69, 9.17) is 9.84 Å². The zero-order valence-corrected chi connectivity index (χ0v) is 21.5. The van der Waals surface area contributed by atoms with Gasteiger partial charge in [-0.3, -0.25) is 14.5 Å². The maximum atomic E-state index is 15.0. The van der Waals surface area contributed by atoms with Gasteiger partial charge in [0.05, 0.1) is 18.2 Å². The standard InChI is InChI=1S/C28H31F3N4O4/c1-18(26(37)34-25-10-9-23(16-32-25)39-22-7-5-21(29)6-8-22)35-12-11-28(30,31)24(17-35)20-14-19(4-2-3-13-36)27(38)33-15-20/h5-10,14-16,18,24,36H,2-4,11-13,17H2,1H3,(H,33,38)(H,32,34,37). The normalized spacial score (nSPS) is 17.9. The Morgan fingerprint density at radius 3 is 2.67 bits per heavy atom. The van der Waals surface area contributed by atoms with Gasteiger partial charge in [0.2, 0.25) is 5.91 Å². The van der Waals surface area contributed by atoms with Gasteiger partial charge in [0.25, 0.3) is 11.5 Å². The van der Waals surface area contributed by atoms with Crippen molar-refractivity contribution in [1.29, 1.82) is 0 Å². The molecule has 8 nitrogen and oxygen atoms in total. The largest absolute Gasteiger partial charge is 0.456 e. The molecule has 2 unspecified atom stereocenters. The topological polar surface area (TPSA) is 108 Å². The summed E-state index contributed by atoms with van der Waals surface area (Å²) < 4.78 is 48.7. The first-order chi connectivity index (χ1) is 18.7. The van der Waals surface area contributed by atoms with Gasteiger partial charge in [0.15, 0.2) is 0 Å². The average molecular weight is 545 g/mol. The van der Waals surface area contributed by atoms with Crippen LogP contribution in [0.5, 0.6) is 11.5 Å². The monoisotopic (exact) mass is 544 g/mol. The van der Waals surface area contributed by atoms with E-state index in [2.05, 4.69) is 15.3 Å². The summed E-state index contributed by atoms with van der Waals surface area (Å²) >= 11 is 0. The second-order valence-electron chi connectivity index (χ2n) is 9.63. The van der Waals surface area contributed by atoms with Crippen molar-refractivity contribution in [2.45, 2.75) is 50.5 Å². The molecule has 11 heteroatoms. The van der Waals surface area contributed by atoms with Crippen molar-refractivity contribution >= 4 is 11.7 Å². The summed E-state index contributed by atoms with van der Waals surface area (Å²) in [7, 11) is 0. The molecule has 1 aromatic carbocycles. The van der Waals surface area contributed by atoms with Crippen LogP contribution in [-0.2, 0) is 11.2 Å². The van der Waals surface area contributed by atoms with E-state index < -0.39 is 30.2 Å². The Morgan fingerprint density at radius 2 is 1.97 bits per heavy atom. The number of likely N-dealkylation sites (tertiary alicyclic amines) is 1. The van der Waals surface area contributed by atoms with E-state index in [0.717, 1.165) is 0 Å². The number of unbranched alkanes of at least 4 members (excludes halogenated alkanes) is 1. The maximum Gasteiger partial charge on any atom is 0.257 e. The maximum absolute atomic E-state index is 15.0. The molecule has 1 aliphatic rings. The Morgan fingerprint density at radius 1 is 1.23 bits per heavy atom. The van der Waals surface area contributed by atoms with Crippen molar-refractivity contribution < 1.29 is 27.8 Å². The van der Waals surface area contributed by atoms with Crippen molar-refractivity contribution in [3.8, 4) is 11.5 Å². The average Bonchev–Trinajstić information content (AvgIpc) is 2.92. The lowest BCUT2D eigenvalue weighted by Gasteiger charge is -2.40. The number of anilines is 1. The number of halogens is 3. The summed E-state index contributed by atoms with van der Waals surface area (Å²) in [6, 6.07) is 9.46. The Hall–Kier alpha value is -3.70. The number of amides is 1. The molecule has 0 radical (unpaired) electrons. The highest BCUT2D eigenvalue weighted by molar-refractivity contribution is 5.93. The second kappa shape index (κ2) is 12.4. The summed E-state index contributed by atoms with van der Waals surface area (Å²) in [6.45, 7) is 1.61. The zero-order chi connectivity index (χ0) is 28.0. The van der Waals surface area contributed by atoms with Gasteiger partial charge in [0.1, 0.15) is 23.1 Å². The molecule has 0 saturated carbocycles. The molecule has 1 fully saturated rings. The van der Waals surface area contributed by atoms with Gasteiger partial charge >= 0.3 is 0 Å². The summed E-state index contributed by atoms with van der Waals surface area (Å²) in [4.78, 5) is 33.6. The van der Waals surface area contributed by atoms with Gasteiger partial charge in [-0.15, -0.1) is 0 Å². The quantitative estimate of drug-likeness (QED) is 0.325. The lowest BCUT2D eigenvalue weighted by Crippen LogP contribution is -2.52. The van der Waals surface area contributed by atoms with Crippen molar-refractivity contribution in [3.05, 3.63) is 82.2 Å². The number of carbonyl (C=O) groups excluding carboxylic acids is 1. The molecule has 3 N–H and O–H groups in total. The molecule has 2 aromatic heterocycles. The summed E-state index contributed by atoms with van der Waals surface area (Å²) in [5.74, 6) is -3.89. The number of carbonyl (C=O) groups is 1. The fourth-order valence-corrected chi connectivity index (χ4v) is 4.54. The highest BCUT2D eigenvalue weighted by Crippen LogP contribution is 2.40. The van der Waals surface area contributed by atoms with Crippen LogP contribution in [0.15, 0.2) is 59.7 Å². The zero-order valence-electron chi connectivity index (χ0n) is 21.5. The number of rotatable bonds is 10. The van der Waals surface area contributed by atoms with E-state index in [1.807, 2.05) is 0 Å². The minimum Gasteiger partial charge on any atom is -0.456 e. The number of piperidine rings is 1. The van der Waals surface area contributed by atoms with Gasteiger partial charge in [-0.05, 0) is 74.2 Å². The number of hydrogen-bond donors (Lipinski definition) is 3. The van der Waals surface area contributed by atoms with Crippen LogP contribution in [0, 0.1) is 5.82 Å². The van der Waals surface area contributed by atoms with Crippen LogP contribution in [-0.4, -0.2) is 57.5 Å². The van der Waals surface area contributed by atoms with E-state index in [1.54, 1.807) is 24.0 Å². The van der Waals surface area contributed by atoms with Crippen LogP contribution >= 0.6 is 0 Å². The molecule has 3 aromatic rings. The molecule has 0 bridgehead atoms. The van der Waals surface area contributed by atoms with Crippen molar-refractivity contribution in [1.82, 2.24) is 14.9 Å². The molecule has 1 saturated heterocycles. The van der Waals surface area contributed by atoms with Crippen molar-refractivity contribution in [2.75, 3.05) is 25.0 Å². The number of nitrogens with one attached hydrogen (secondary N) is 2. The number of pyridine rings is 2. The van der Waals surface area contributed by atoms with Gasteiger partial charge in [-0.1, -0.05) is 0 Å². The third-order valence-corrected chi connectivity index (χ3v) is 6.88. The smallest absolute Gasteiger partial charge is 0.257 e. The fourth-order valence-electron chi connectivity index (χ4n) is 4.54. The number of benzene rings is 1. The molecule has 0 spiro atoms. The Balaban J connectivity index is 1.40. The van der Waals surface area contributed by atoms with Gasteiger partial charge in [0, 0.05) is 37.9 Å². The van der Waals surface area contributed by atoms with Gasteiger partial charge in [-0.25, -0.2) is 18.2 Å². The molecular weight excluding hydrogens is 513 g/mol. The molecule has 39 heavy (non-hydrogen) atoms. The number of nitrogens with zero attached hydrogens (tertiary/aromatic N) is 2. The SMILES string of the molecule is CC(C(=O)Nc1ccc(Oc2ccc(F)cc2)cn1)N1CCC(F)(F)C(c2c[nH]c(=O)c(CCCCO)c2)C1. The third-order valence-electron chi connectivity index (χ3n) is 6.88. The lowest BCUT2D eigenvalue weighted by atomic mass is 9.86. The number of aromatic nitrogens is 2. The molecule has 208 valence electrons. The van der Waals surface area contributed by atoms with E-state index >= 15 is 0 Å². The fraction of sp³-hybridized carbons (Fsp3) is 0.393. The summed E-state index contributed by atoms with van der Waals surface area (Å²) in [6.07, 6.45) is 3.77. The Labute approximate surface area is 223 Å². The highest BCUT2D eigenvalue weighted by Gasteiger charge is 2.46. The number of aryl methyl sites for hydroxylation is 1. The van der Waals surface area contributed by atoms with E-state index in [9.17, 15) is 22.8 Å². The van der Waals surface area contributed by atoms with Crippen molar-refractivity contribution in [2.24, 2.45) is 0 Å². The Bertz CT molecular complexity index is 1320. The van der Waals surface area contributed by atoms with Crippen LogP contribution in [0.3, 0.4) is 0 Å². The van der Waals surface area contributed by atoms with Gasteiger partial charge < -0.3 is 20.1 Å². The van der Waals surface area contributed by atoms with Crippen LogP contribution in [0.25, 0.3) is 0 Å². The lowest BCUT2D eigenvalue weighted by molar-refractivity contribution is -0.125. The highest BCUT2D eigenvalue weighted by atomic mass is 19.3. The molecule has 4 rings (SSSR count). The van der Waals surface area contributed by atoms with E-state index in [1.165, 1.54) is 42.7 Å².